The fraction of sp³-hybridized carbons (Fsp3) is 0.444. The Balaban J connectivity index is 1.66. The highest BCUT2D eigenvalue weighted by Crippen LogP contribution is 2.27. The van der Waals surface area contributed by atoms with Gasteiger partial charge in [0.2, 0.25) is 5.91 Å². The van der Waals surface area contributed by atoms with Crippen molar-refractivity contribution in [2.45, 2.75) is 19.4 Å². The van der Waals surface area contributed by atoms with Gasteiger partial charge in [-0.1, -0.05) is 6.07 Å². The fourth-order valence-electron chi connectivity index (χ4n) is 2.52. The summed E-state index contributed by atoms with van der Waals surface area (Å²) in [5.41, 5.74) is 0.797. The van der Waals surface area contributed by atoms with Gasteiger partial charge in [0.1, 0.15) is 0 Å². The molecular weight excluding hydrogens is 370 g/mol. The molecule has 152 valence electrons. The lowest BCUT2D eigenvalue weighted by molar-refractivity contribution is -0.148. The van der Waals surface area contributed by atoms with E-state index >= 15 is 0 Å². The Bertz CT molecular complexity index is 735. The maximum atomic E-state index is 11.8. The Morgan fingerprint density at radius 1 is 1.18 bits per heavy atom. The first kappa shape index (κ1) is 21.0. The van der Waals surface area contributed by atoms with Crippen molar-refractivity contribution in [3.8, 4) is 11.5 Å². The SMILES string of the molecule is COc1ccc(CNC(=O)COC(=O)CCCN2C(=O)CNC2=O)cc1OC. The van der Waals surface area contributed by atoms with Gasteiger partial charge in [-0.05, 0) is 24.1 Å². The number of rotatable bonds is 10. The van der Waals surface area contributed by atoms with Crippen molar-refractivity contribution in [3.05, 3.63) is 23.8 Å². The molecule has 28 heavy (non-hydrogen) atoms. The van der Waals surface area contributed by atoms with Gasteiger partial charge in [0, 0.05) is 19.5 Å². The molecule has 0 bridgehead atoms. The van der Waals surface area contributed by atoms with E-state index < -0.39 is 24.5 Å². The number of hydrogen-bond donors (Lipinski definition) is 2. The second kappa shape index (κ2) is 10.1. The smallest absolute Gasteiger partial charge is 0.324 e. The highest BCUT2D eigenvalue weighted by molar-refractivity contribution is 6.01. The summed E-state index contributed by atoms with van der Waals surface area (Å²) in [7, 11) is 3.05. The first-order valence-electron chi connectivity index (χ1n) is 8.66. The third kappa shape index (κ3) is 5.86. The molecule has 2 N–H and O–H groups in total. The molecule has 0 spiro atoms. The molecule has 10 heteroatoms. The molecule has 0 aliphatic carbocycles. The third-order valence-corrected chi connectivity index (χ3v) is 4.00. The quantitative estimate of drug-likeness (QED) is 0.430. The number of carbonyl (C=O) groups is 4. The van der Waals surface area contributed by atoms with Crippen molar-refractivity contribution in [2.24, 2.45) is 0 Å². The van der Waals surface area contributed by atoms with E-state index in [4.69, 9.17) is 14.2 Å². The van der Waals surface area contributed by atoms with Crippen LogP contribution in [0.25, 0.3) is 0 Å². The molecule has 1 aromatic rings. The van der Waals surface area contributed by atoms with E-state index in [0.717, 1.165) is 10.5 Å². The predicted molar refractivity (Wildman–Crippen MR) is 96.7 cm³/mol. The fourth-order valence-corrected chi connectivity index (χ4v) is 2.52. The van der Waals surface area contributed by atoms with Gasteiger partial charge in [0.05, 0.1) is 20.8 Å². The zero-order valence-electron chi connectivity index (χ0n) is 15.8. The second-order valence-electron chi connectivity index (χ2n) is 5.93. The van der Waals surface area contributed by atoms with Crippen molar-refractivity contribution in [3.63, 3.8) is 0 Å². The number of imide groups is 1. The number of methoxy groups -OCH3 is 2. The van der Waals surface area contributed by atoms with Gasteiger partial charge in [0.25, 0.3) is 5.91 Å². The van der Waals surface area contributed by atoms with Gasteiger partial charge in [-0.3, -0.25) is 19.3 Å². The highest BCUT2D eigenvalue weighted by Gasteiger charge is 2.27. The molecule has 10 nitrogen and oxygen atoms in total. The van der Waals surface area contributed by atoms with Crippen LogP contribution >= 0.6 is 0 Å². The van der Waals surface area contributed by atoms with Crippen LogP contribution in [0.1, 0.15) is 18.4 Å². The average Bonchev–Trinajstić information content (AvgIpc) is 3.02. The number of nitrogens with one attached hydrogen (secondary N) is 2. The molecule has 0 radical (unpaired) electrons. The zero-order chi connectivity index (χ0) is 20.5. The maximum Gasteiger partial charge on any atom is 0.324 e. The van der Waals surface area contributed by atoms with Crippen LogP contribution in [-0.2, 0) is 25.7 Å². The summed E-state index contributed by atoms with van der Waals surface area (Å²) in [4.78, 5) is 47.3. The van der Waals surface area contributed by atoms with Crippen LogP contribution in [0, 0.1) is 0 Å². The van der Waals surface area contributed by atoms with E-state index in [1.54, 1.807) is 18.2 Å². The Morgan fingerprint density at radius 2 is 1.93 bits per heavy atom. The summed E-state index contributed by atoms with van der Waals surface area (Å²) in [6.45, 7) is -0.0625. The minimum Gasteiger partial charge on any atom is -0.493 e. The summed E-state index contributed by atoms with van der Waals surface area (Å²) in [5.74, 6) is -0.219. The Hall–Kier alpha value is -3.30. The normalized spacial score (nSPS) is 13.1. The van der Waals surface area contributed by atoms with Gasteiger partial charge >= 0.3 is 12.0 Å². The number of benzene rings is 1. The van der Waals surface area contributed by atoms with Crippen LogP contribution in [0.4, 0.5) is 4.79 Å². The van der Waals surface area contributed by atoms with Crippen molar-refractivity contribution in [1.29, 1.82) is 0 Å². The van der Waals surface area contributed by atoms with Crippen molar-refractivity contribution in [1.82, 2.24) is 15.5 Å². The number of ether oxygens (including phenoxy) is 3. The van der Waals surface area contributed by atoms with Crippen LogP contribution in [0.3, 0.4) is 0 Å². The molecule has 1 heterocycles. The maximum absolute atomic E-state index is 11.8. The Morgan fingerprint density at radius 3 is 2.57 bits per heavy atom. The van der Waals surface area contributed by atoms with Crippen molar-refractivity contribution < 1.29 is 33.4 Å². The topological polar surface area (TPSA) is 123 Å². The molecule has 1 aromatic carbocycles. The third-order valence-electron chi connectivity index (χ3n) is 4.00. The summed E-state index contributed by atoms with van der Waals surface area (Å²) in [6.07, 6.45) is 0.269. The number of esters is 1. The average molecular weight is 393 g/mol. The first-order chi connectivity index (χ1) is 13.4. The molecule has 0 unspecified atom stereocenters. The lowest BCUT2D eigenvalue weighted by Crippen LogP contribution is -2.32. The van der Waals surface area contributed by atoms with Gasteiger partial charge in [-0.15, -0.1) is 0 Å². The van der Waals surface area contributed by atoms with Crippen LogP contribution in [-0.4, -0.2) is 62.6 Å². The van der Waals surface area contributed by atoms with Crippen molar-refractivity contribution >= 4 is 23.8 Å². The minimum absolute atomic E-state index is 0.0000186. The summed E-state index contributed by atoms with van der Waals surface area (Å²) in [6, 6.07) is 4.78. The van der Waals surface area contributed by atoms with Crippen LogP contribution in [0.2, 0.25) is 0 Å². The van der Waals surface area contributed by atoms with E-state index in [1.807, 2.05) is 0 Å². The molecule has 0 atom stereocenters. The molecule has 1 saturated heterocycles. The van der Waals surface area contributed by atoms with E-state index in [1.165, 1.54) is 14.2 Å². The lowest BCUT2D eigenvalue weighted by Gasteiger charge is -2.12. The van der Waals surface area contributed by atoms with Gasteiger partial charge < -0.3 is 24.8 Å². The number of nitrogens with zero attached hydrogens (tertiary/aromatic N) is 1. The molecule has 4 amide bonds. The molecule has 1 aliphatic rings. The summed E-state index contributed by atoms with van der Waals surface area (Å²) >= 11 is 0. The van der Waals surface area contributed by atoms with Gasteiger partial charge in [-0.25, -0.2) is 4.79 Å². The van der Waals surface area contributed by atoms with Crippen LogP contribution < -0.4 is 20.1 Å². The molecule has 0 aromatic heterocycles. The van der Waals surface area contributed by atoms with Crippen molar-refractivity contribution in [2.75, 3.05) is 33.9 Å². The van der Waals surface area contributed by atoms with E-state index in [-0.39, 0.29) is 38.4 Å². The lowest BCUT2D eigenvalue weighted by atomic mass is 10.2. The molecule has 2 rings (SSSR count). The number of hydrogen-bond acceptors (Lipinski definition) is 7. The van der Waals surface area contributed by atoms with Gasteiger partial charge in [0.15, 0.2) is 18.1 Å². The Labute approximate surface area is 162 Å². The largest absolute Gasteiger partial charge is 0.493 e. The second-order valence-corrected chi connectivity index (χ2v) is 5.93. The Kier molecular flexibility index (Phi) is 7.61. The van der Waals surface area contributed by atoms with E-state index in [2.05, 4.69) is 10.6 Å². The van der Waals surface area contributed by atoms with Crippen LogP contribution in [0.15, 0.2) is 18.2 Å². The van der Waals surface area contributed by atoms with E-state index in [0.29, 0.717) is 11.5 Å². The molecular formula is C18H23N3O7. The van der Waals surface area contributed by atoms with E-state index in [9.17, 15) is 19.2 Å². The monoisotopic (exact) mass is 393 g/mol. The molecule has 1 aliphatic heterocycles. The van der Waals surface area contributed by atoms with Crippen LogP contribution in [0.5, 0.6) is 11.5 Å². The zero-order valence-corrected chi connectivity index (χ0v) is 15.8. The number of carbonyl (C=O) groups excluding carboxylic acids is 4. The first-order valence-corrected chi connectivity index (χ1v) is 8.66. The number of urea groups is 1. The minimum atomic E-state index is -0.576. The molecule has 1 fully saturated rings. The highest BCUT2D eigenvalue weighted by atomic mass is 16.5. The predicted octanol–water partition coefficient (Wildman–Crippen LogP) is 0.195. The van der Waals surface area contributed by atoms with Gasteiger partial charge in [-0.2, -0.15) is 0 Å². The molecule has 0 saturated carbocycles. The number of amides is 4. The summed E-state index contributed by atoms with van der Waals surface area (Å²) < 4.78 is 15.2. The summed E-state index contributed by atoms with van der Waals surface area (Å²) in [5, 5.41) is 5.03. The standard InChI is InChI=1S/C18H23N3O7/c1-26-13-6-5-12(8-14(13)27-2)9-19-15(22)11-28-17(24)4-3-7-21-16(23)10-20-18(21)25/h5-6,8H,3-4,7,9-11H2,1-2H3,(H,19,22)(H,20,25).